The fourth-order valence-electron chi connectivity index (χ4n) is 12.3. The Kier molecular flexibility index (Phi) is 12.3. The van der Waals surface area contributed by atoms with Crippen LogP contribution in [0.3, 0.4) is 0 Å². The number of methoxy groups -OCH3 is 2. The molecule has 2 saturated heterocycles. The first kappa shape index (κ1) is 45.5. The first-order valence-electron chi connectivity index (χ1n) is 24.9. The lowest BCUT2D eigenvalue weighted by Gasteiger charge is -2.30. The highest BCUT2D eigenvalue weighted by molar-refractivity contribution is 5.88. The van der Waals surface area contributed by atoms with E-state index in [-0.39, 0.29) is 41.1 Å². The fourth-order valence-corrected chi connectivity index (χ4v) is 12.3. The van der Waals surface area contributed by atoms with Gasteiger partial charge in [0.2, 0.25) is 11.8 Å². The van der Waals surface area contributed by atoms with Gasteiger partial charge in [-0.3, -0.25) is 14.6 Å². The Balaban J connectivity index is 0.946. The van der Waals surface area contributed by atoms with Gasteiger partial charge < -0.3 is 39.9 Å². The van der Waals surface area contributed by atoms with E-state index >= 15 is 0 Å². The van der Waals surface area contributed by atoms with Gasteiger partial charge in [0.15, 0.2) is 0 Å². The van der Waals surface area contributed by atoms with Gasteiger partial charge in [-0.25, -0.2) is 19.6 Å². The van der Waals surface area contributed by atoms with Gasteiger partial charge in [0, 0.05) is 36.0 Å². The summed E-state index contributed by atoms with van der Waals surface area (Å²) in [6, 6.07) is 9.17. The third kappa shape index (κ3) is 8.18. The minimum atomic E-state index is -0.695. The van der Waals surface area contributed by atoms with Gasteiger partial charge in [-0.15, -0.1) is 0 Å². The predicted octanol–water partition coefficient (Wildman–Crippen LogP) is 8.92. The van der Waals surface area contributed by atoms with Crippen molar-refractivity contribution in [1.82, 2.24) is 45.4 Å². The van der Waals surface area contributed by atoms with Gasteiger partial charge in [0.25, 0.3) is 0 Å². The van der Waals surface area contributed by atoms with Crippen molar-refractivity contribution in [2.24, 2.45) is 17.3 Å². The minimum Gasteiger partial charge on any atom is -0.453 e. The molecule has 3 aromatic heterocycles. The largest absolute Gasteiger partial charge is 0.453 e. The summed E-state index contributed by atoms with van der Waals surface area (Å²) in [6.45, 7) is 8.91. The third-order valence-electron chi connectivity index (χ3n) is 15.8. The van der Waals surface area contributed by atoms with Crippen LogP contribution in [0.15, 0.2) is 42.7 Å². The molecule has 5 heterocycles. The Morgan fingerprint density at radius 2 is 1.28 bits per heavy atom. The number of benzene rings is 2. The van der Waals surface area contributed by atoms with Gasteiger partial charge in [-0.1, -0.05) is 58.7 Å². The number of pyridine rings is 1. The van der Waals surface area contributed by atoms with Crippen LogP contribution in [0.4, 0.5) is 9.59 Å². The van der Waals surface area contributed by atoms with E-state index in [4.69, 9.17) is 24.4 Å². The second kappa shape index (κ2) is 18.3. The lowest BCUT2D eigenvalue weighted by Crippen LogP contribution is -2.51. The predicted molar refractivity (Wildman–Crippen MR) is 258 cm³/mol. The highest BCUT2D eigenvalue weighted by atomic mass is 16.5. The first-order chi connectivity index (χ1) is 32.9. The number of hydrogen-bond acceptors (Lipinski definition) is 9. The Labute approximate surface area is 398 Å². The van der Waals surface area contributed by atoms with E-state index < -0.39 is 24.3 Å². The van der Waals surface area contributed by atoms with Gasteiger partial charge >= 0.3 is 12.2 Å². The standard InChI is InChI=1S/C53H65N9O6/c1-29(2)44(59-51(65)67-5)49(63)61-22-10-14-42(61)47-55-28-41(58-47)34-17-18-35(33-13-9-12-32(33)34)46-37-26-53(20-7-8-21-53)25-36(37)38(27-54-46)31-16-19-39-40(24-31)57-48(56-39)43-15-11-23-62(43)50(64)45(30(3)4)60-52(66)68-6/h16-19,24,27-30,42-45H,7-15,20-23,25-26H2,1-6H3,(H,55,58)(H,56,57)(H,59,65)(H,60,66). The SMILES string of the molecule is COC(=O)NC(C(=O)N1CCCC1c1ncc(-c2ccc(-c3ncc(-c4ccc5nc(C6CCCN6C(=O)C(NC(=O)OC)C(C)C)[nH]c5c4)c4c3CC3(CCCC3)C4)c3c2CCC3)[nH]1)C(C)C. The molecule has 5 aliphatic rings. The summed E-state index contributed by atoms with van der Waals surface area (Å²) in [5, 5.41) is 5.50. The summed E-state index contributed by atoms with van der Waals surface area (Å²) in [6.07, 6.45) is 16.2. The van der Waals surface area contributed by atoms with Crippen LogP contribution in [-0.4, -0.2) is 98.1 Å². The lowest BCUT2D eigenvalue weighted by atomic mass is 9.82. The van der Waals surface area contributed by atoms with E-state index in [2.05, 4.69) is 57.1 Å². The molecular weight excluding hydrogens is 859 g/mol. The number of ether oxygens (including phenoxy) is 2. The minimum absolute atomic E-state index is 0.106. The number of likely N-dealkylation sites (tertiary alicyclic amines) is 2. The Morgan fingerprint density at radius 3 is 1.91 bits per heavy atom. The number of hydrogen-bond donors (Lipinski definition) is 4. The second-order valence-electron chi connectivity index (χ2n) is 20.6. The number of nitrogens with one attached hydrogen (secondary N) is 4. The molecule has 4 amide bonds. The Hall–Kier alpha value is -6.25. The maximum atomic E-state index is 13.9. The number of rotatable bonds is 11. The highest BCUT2D eigenvalue weighted by Crippen LogP contribution is 2.53. The molecule has 4 N–H and O–H groups in total. The molecule has 4 unspecified atom stereocenters. The first-order valence-corrected chi connectivity index (χ1v) is 24.9. The molecular formula is C53H65N9O6. The van der Waals surface area contributed by atoms with E-state index in [1.165, 1.54) is 73.3 Å². The quantitative estimate of drug-likeness (QED) is 0.100. The average Bonchev–Trinajstić information content (AvgIpc) is 4.19. The molecule has 1 spiro atoms. The van der Waals surface area contributed by atoms with Gasteiger partial charge in [0.1, 0.15) is 23.7 Å². The number of nitrogens with zero attached hydrogens (tertiary/aromatic N) is 5. The molecule has 2 aliphatic heterocycles. The number of H-pyrrole nitrogens is 2. The third-order valence-corrected chi connectivity index (χ3v) is 15.8. The Bertz CT molecular complexity index is 2770. The monoisotopic (exact) mass is 924 g/mol. The van der Waals surface area contributed by atoms with Crippen LogP contribution in [0.2, 0.25) is 0 Å². The second-order valence-corrected chi connectivity index (χ2v) is 20.6. The van der Waals surface area contributed by atoms with E-state index in [9.17, 15) is 19.2 Å². The van der Waals surface area contributed by atoms with Crippen LogP contribution >= 0.6 is 0 Å². The number of aromatic nitrogens is 5. The van der Waals surface area contributed by atoms with E-state index in [1.54, 1.807) is 0 Å². The van der Waals surface area contributed by atoms with Crippen molar-refractivity contribution >= 4 is 35.0 Å². The number of imidazole rings is 2. The number of carbonyl (C=O) groups is 4. The molecule has 10 rings (SSSR count). The zero-order valence-corrected chi connectivity index (χ0v) is 40.3. The van der Waals surface area contributed by atoms with Crippen molar-refractivity contribution in [3.63, 3.8) is 0 Å². The van der Waals surface area contributed by atoms with Crippen molar-refractivity contribution in [1.29, 1.82) is 0 Å². The van der Waals surface area contributed by atoms with Crippen molar-refractivity contribution in [2.45, 2.75) is 135 Å². The van der Waals surface area contributed by atoms with Crippen LogP contribution in [0.1, 0.15) is 131 Å². The topological polar surface area (TPSA) is 188 Å². The summed E-state index contributed by atoms with van der Waals surface area (Å²) in [5.74, 6) is 1.07. The summed E-state index contributed by atoms with van der Waals surface area (Å²) in [5.41, 5.74) is 14.3. The molecule has 3 fully saturated rings. The van der Waals surface area contributed by atoms with Crippen LogP contribution in [0.25, 0.3) is 44.7 Å². The number of amides is 4. The molecule has 2 aromatic carbocycles. The molecule has 3 aliphatic carbocycles. The highest BCUT2D eigenvalue weighted by Gasteiger charge is 2.43. The molecule has 0 bridgehead atoms. The summed E-state index contributed by atoms with van der Waals surface area (Å²) >= 11 is 0. The number of alkyl carbamates (subject to hydrolysis) is 2. The van der Waals surface area contributed by atoms with Crippen molar-refractivity contribution in [3.8, 4) is 33.6 Å². The van der Waals surface area contributed by atoms with Crippen LogP contribution in [0.5, 0.6) is 0 Å². The van der Waals surface area contributed by atoms with Gasteiger partial charge in [-0.05, 0) is 128 Å². The van der Waals surface area contributed by atoms with Crippen LogP contribution in [0, 0.1) is 17.3 Å². The number of carbonyl (C=O) groups excluding carboxylic acids is 4. The lowest BCUT2D eigenvalue weighted by molar-refractivity contribution is -0.136. The van der Waals surface area contributed by atoms with E-state index in [1.807, 2.05) is 43.7 Å². The van der Waals surface area contributed by atoms with Crippen molar-refractivity contribution in [3.05, 3.63) is 76.6 Å². The summed E-state index contributed by atoms with van der Waals surface area (Å²) in [4.78, 5) is 78.3. The molecule has 358 valence electrons. The number of fused-ring (bicyclic) bond motifs is 3. The van der Waals surface area contributed by atoms with Gasteiger partial charge in [-0.2, -0.15) is 0 Å². The summed E-state index contributed by atoms with van der Waals surface area (Å²) in [7, 11) is 2.62. The van der Waals surface area contributed by atoms with E-state index in [0.29, 0.717) is 13.1 Å². The average molecular weight is 924 g/mol. The molecule has 68 heavy (non-hydrogen) atoms. The van der Waals surface area contributed by atoms with Gasteiger partial charge in [0.05, 0.1) is 54.9 Å². The maximum absolute atomic E-state index is 13.9. The molecule has 0 radical (unpaired) electrons. The zero-order valence-electron chi connectivity index (χ0n) is 40.3. The van der Waals surface area contributed by atoms with Crippen LogP contribution < -0.4 is 10.6 Å². The van der Waals surface area contributed by atoms with Crippen LogP contribution in [-0.2, 0) is 44.7 Å². The summed E-state index contributed by atoms with van der Waals surface area (Å²) < 4.78 is 9.67. The normalized spacial score (nSPS) is 20.4. The van der Waals surface area contributed by atoms with Crippen molar-refractivity contribution in [2.75, 3.05) is 27.3 Å². The van der Waals surface area contributed by atoms with Crippen molar-refractivity contribution < 1.29 is 28.7 Å². The smallest absolute Gasteiger partial charge is 0.407 e. The molecule has 4 atom stereocenters. The number of aromatic amines is 2. The van der Waals surface area contributed by atoms with E-state index in [0.717, 1.165) is 103 Å². The fraction of sp³-hybridized carbons (Fsp3) is 0.528. The molecule has 15 heteroatoms. The maximum Gasteiger partial charge on any atom is 0.407 e. The zero-order chi connectivity index (χ0) is 47.4. The molecule has 1 saturated carbocycles. The Morgan fingerprint density at radius 1 is 0.676 bits per heavy atom. The molecule has 15 nitrogen and oxygen atoms in total. The molecule has 5 aromatic rings.